The van der Waals surface area contributed by atoms with E-state index in [-0.39, 0.29) is 35.6 Å². The van der Waals surface area contributed by atoms with Gasteiger partial charge in [0.1, 0.15) is 23.3 Å². The van der Waals surface area contributed by atoms with Crippen molar-refractivity contribution in [1.82, 2.24) is 20.4 Å². The van der Waals surface area contributed by atoms with E-state index in [4.69, 9.17) is 5.73 Å². The van der Waals surface area contributed by atoms with Crippen LogP contribution in [0.3, 0.4) is 0 Å². The number of aryl methyl sites for hydroxylation is 1. The zero-order valence-electron chi connectivity index (χ0n) is 16.9. The second-order valence-electron chi connectivity index (χ2n) is 6.86. The van der Waals surface area contributed by atoms with Gasteiger partial charge in [0.15, 0.2) is 5.96 Å². The van der Waals surface area contributed by atoms with Crippen molar-refractivity contribution >= 4 is 35.8 Å². The van der Waals surface area contributed by atoms with Crippen LogP contribution >= 0.6 is 24.0 Å². The molecule has 0 atom stereocenters. The number of nitrogens with two attached hydrogens (primary N) is 1. The number of anilines is 1. The minimum atomic E-state index is -0.337. The lowest BCUT2D eigenvalue weighted by Gasteiger charge is -2.16. The summed E-state index contributed by atoms with van der Waals surface area (Å²) >= 11 is 0. The van der Waals surface area contributed by atoms with Gasteiger partial charge in [0, 0.05) is 19.1 Å². The Balaban J connectivity index is 0.00000320. The fourth-order valence-electron chi connectivity index (χ4n) is 3.24. The lowest BCUT2D eigenvalue weighted by molar-refractivity contribution is 0.627. The summed E-state index contributed by atoms with van der Waals surface area (Å²) in [4.78, 5) is 4.62. The Morgan fingerprint density at radius 3 is 2.67 bits per heavy atom. The highest BCUT2D eigenvalue weighted by Gasteiger charge is 2.16. The second-order valence-corrected chi connectivity index (χ2v) is 6.86. The summed E-state index contributed by atoms with van der Waals surface area (Å²) in [6.45, 7) is 3.43. The van der Waals surface area contributed by atoms with Crippen molar-refractivity contribution in [3.05, 3.63) is 53.5 Å². The summed E-state index contributed by atoms with van der Waals surface area (Å²) < 4.78 is 14.6. The van der Waals surface area contributed by atoms with Crippen LogP contribution in [0.25, 0.3) is 5.69 Å². The molecule has 9 heteroatoms. The zero-order chi connectivity index (χ0) is 20.6. The molecule has 0 spiro atoms. The number of rotatable bonds is 7. The maximum Gasteiger partial charge on any atom is 0.191 e. The number of nitriles is 1. The van der Waals surface area contributed by atoms with Gasteiger partial charge in [0.25, 0.3) is 0 Å². The quantitative estimate of drug-likeness (QED) is 0.170. The van der Waals surface area contributed by atoms with E-state index in [2.05, 4.69) is 38.9 Å². The molecule has 0 unspecified atom stereocenters. The van der Waals surface area contributed by atoms with Gasteiger partial charge in [-0.2, -0.15) is 10.4 Å². The number of guanidine groups is 1. The lowest BCUT2D eigenvalue weighted by atomic mass is 10.1. The molecule has 1 aliphatic carbocycles. The molecule has 1 aromatic carbocycles. The van der Waals surface area contributed by atoms with Gasteiger partial charge < -0.3 is 16.4 Å². The molecule has 1 heterocycles. The summed E-state index contributed by atoms with van der Waals surface area (Å²) in [5.41, 5.74) is 7.71. The number of aliphatic imine (C=N–C) groups is 1. The van der Waals surface area contributed by atoms with Crippen LogP contribution in [-0.4, -0.2) is 34.9 Å². The van der Waals surface area contributed by atoms with Crippen molar-refractivity contribution < 1.29 is 4.39 Å². The van der Waals surface area contributed by atoms with Crippen LogP contribution in [0.2, 0.25) is 0 Å². The van der Waals surface area contributed by atoms with Crippen LogP contribution in [0, 0.1) is 17.1 Å². The minimum Gasteiger partial charge on any atom is -0.382 e. The molecule has 0 bridgehead atoms. The van der Waals surface area contributed by atoms with Gasteiger partial charge >= 0.3 is 0 Å². The van der Waals surface area contributed by atoms with Gasteiger partial charge in [-0.25, -0.2) is 9.07 Å². The first kappa shape index (κ1) is 23.7. The van der Waals surface area contributed by atoms with Crippen molar-refractivity contribution in [3.63, 3.8) is 0 Å². The Morgan fingerprint density at radius 2 is 2.03 bits per heavy atom. The first-order chi connectivity index (χ1) is 14.1. The number of halogens is 2. The first-order valence-corrected chi connectivity index (χ1v) is 9.85. The Labute approximate surface area is 193 Å². The van der Waals surface area contributed by atoms with Crippen molar-refractivity contribution in [2.45, 2.75) is 38.6 Å². The molecule has 7 nitrogen and oxygen atoms in total. The van der Waals surface area contributed by atoms with E-state index in [9.17, 15) is 9.65 Å². The molecule has 4 N–H and O–H groups in total. The van der Waals surface area contributed by atoms with Gasteiger partial charge in [-0.05, 0) is 56.9 Å². The molecule has 0 radical (unpaired) electrons. The average Bonchev–Trinajstić information content (AvgIpc) is 3.33. The minimum absolute atomic E-state index is 0. The molecule has 1 aliphatic rings. The van der Waals surface area contributed by atoms with Crippen molar-refractivity contribution in [1.29, 1.82) is 5.26 Å². The molecule has 160 valence electrons. The smallest absolute Gasteiger partial charge is 0.191 e. The van der Waals surface area contributed by atoms with Crippen LogP contribution in [0.15, 0.2) is 41.4 Å². The van der Waals surface area contributed by atoms with E-state index in [0.717, 1.165) is 31.8 Å². The Kier molecular flexibility index (Phi) is 9.11. The molecule has 0 fully saturated rings. The van der Waals surface area contributed by atoms with Gasteiger partial charge in [-0.1, -0.05) is 12.2 Å². The van der Waals surface area contributed by atoms with Gasteiger partial charge in [0.2, 0.25) is 0 Å². The monoisotopic (exact) mass is 523 g/mol. The van der Waals surface area contributed by atoms with Crippen molar-refractivity contribution in [3.8, 4) is 11.8 Å². The lowest BCUT2D eigenvalue weighted by Crippen LogP contribution is -2.42. The highest BCUT2D eigenvalue weighted by Crippen LogP contribution is 2.21. The first-order valence-electron chi connectivity index (χ1n) is 9.85. The number of nitrogen functional groups attached to an aromatic ring is 1. The Bertz CT molecular complexity index is 920. The number of nitrogens with zero attached hydrogens (tertiary/aromatic N) is 4. The maximum absolute atomic E-state index is 13.2. The SMILES string of the molecule is CCNC(=NCCCc1nn(-c2ccc(F)cc2)c(N)c1C#N)NC1CC=CC1.I. The maximum atomic E-state index is 13.2. The number of hydrogen-bond donors (Lipinski definition) is 3. The summed E-state index contributed by atoms with van der Waals surface area (Å²) in [6, 6.07) is 8.37. The third-order valence-corrected chi connectivity index (χ3v) is 4.71. The summed E-state index contributed by atoms with van der Waals surface area (Å²) in [7, 11) is 0. The van der Waals surface area contributed by atoms with E-state index in [1.807, 2.05) is 6.92 Å². The predicted octanol–water partition coefficient (Wildman–Crippen LogP) is 3.29. The molecule has 1 aromatic heterocycles. The Hall–Kier alpha value is -2.61. The standard InChI is InChI=1S/C21H26FN7.HI/c1-2-25-21(27-16-6-3-4-7-16)26-13-5-8-19-18(14-23)20(24)29(28-19)17-11-9-15(22)10-12-17;/h3-4,9-12,16H,2,5-8,13,24H2,1H3,(H2,25,26,27);1H. The largest absolute Gasteiger partial charge is 0.382 e. The van der Waals surface area contributed by atoms with Crippen LogP contribution in [0.5, 0.6) is 0 Å². The van der Waals surface area contributed by atoms with Gasteiger partial charge in [0.05, 0.1) is 11.4 Å². The van der Waals surface area contributed by atoms with Crippen LogP contribution in [0.4, 0.5) is 10.2 Å². The molecule has 0 saturated carbocycles. The number of hydrogen-bond acceptors (Lipinski definition) is 4. The normalized spacial score (nSPS) is 13.7. The topological polar surface area (TPSA) is 104 Å². The van der Waals surface area contributed by atoms with E-state index >= 15 is 0 Å². The summed E-state index contributed by atoms with van der Waals surface area (Å²) in [6.07, 6.45) is 7.67. The number of benzene rings is 1. The summed E-state index contributed by atoms with van der Waals surface area (Å²) in [5.74, 6) is 0.732. The van der Waals surface area contributed by atoms with Gasteiger partial charge in [-0.15, -0.1) is 24.0 Å². The molecular weight excluding hydrogens is 496 g/mol. The van der Waals surface area contributed by atoms with E-state index in [0.29, 0.717) is 36.0 Å². The zero-order valence-corrected chi connectivity index (χ0v) is 19.3. The van der Waals surface area contributed by atoms with Gasteiger partial charge in [-0.3, -0.25) is 4.99 Å². The number of nitrogens with one attached hydrogen (secondary N) is 2. The molecule has 0 saturated heterocycles. The highest BCUT2D eigenvalue weighted by atomic mass is 127. The molecule has 0 aliphatic heterocycles. The van der Waals surface area contributed by atoms with Crippen LogP contribution in [0.1, 0.15) is 37.4 Å². The fourth-order valence-corrected chi connectivity index (χ4v) is 3.24. The predicted molar refractivity (Wildman–Crippen MR) is 128 cm³/mol. The molecular formula is C21H27FIN7. The molecule has 3 rings (SSSR count). The van der Waals surface area contributed by atoms with Crippen LogP contribution < -0.4 is 16.4 Å². The van der Waals surface area contributed by atoms with E-state index in [1.54, 1.807) is 12.1 Å². The second kappa shape index (κ2) is 11.5. The van der Waals surface area contributed by atoms with Crippen molar-refractivity contribution in [2.24, 2.45) is 4.99 Å². The summed E-state index contributed by atoms with van der Waals surface area (Å²) in [5, 5.41) is 20.6. The highest BCUT2D eigenvalue weighted by molar-refractivity contribution is 14.0. The number of aromatic nitrogens is 2. The Morgan fingerprint density at radius 1 is 1.33 bits per heavy atom. The third-order valence-electron chi connectivity index (χ3n) is 4.71. The van der Waals surface area contributed by atoms with Crippen LogP contribution in [-0.2, 0) is 6.42 Å². The van der Waals surface area contributed by atoms with E-state index in [1.165, 1.54) is 16.8 Å². The molecule has 30 heavy (non-hydrogen) atoms. The van der Waals surface area contributed by atoms with E-state index < -0.39 is 0 Å². The molecule has 2 aromatic rings. The molecule has 0 amide bonds. The fraction of sp³-hybridized carbons (Fsp3) is 0.381. The third kappa shape index (κ3) is 5.95. The average molecular weight is 523 g/mol. The van der Waals surface area contributed by atoms with Crippen molar-refractivity contribution in [2.75, 3.05) is 18.8 Å².